The summed E-state index contributed by atoms with van der Waals surface area (Å²) < 4.78 is 27.9. The van der Waals surface area contributed by atoms with Gasteiger partial charge in [-0.2, -0.15) is 0 Å². The average molecular weight is 422 g/mol. The van der Waals surface area contributed by atoms with E-state index >= 15 is 0 Å². The number of nitrogens with zero attached hydrogens (tertiary/aromatic N) is 1. The summed E-state index contributed by atoms with van der Waals surface area (Å²) in [6, 6.07) is 13.9. The predicted molar refractivity (Wildman–Crippen MR) is 112 cm³/mol. The number of fused-ring (bicyclic) bond motifs is 1. The third-order valence-corrected chi connectivity index (χ3v) is 6.98. The van der Waals surface area contributed by atoms with Gasteiger partial charge in [0.15, 0.2) is 0 Å². The van der Waals surface area contributed by atoms with Crippen LogP contribution in [0, 0.1) is 5.92 Å². The molecule has 0 aromatic heterocycles. The number of aryl methyl sites for hydroxylation is 1. The van der Waals surface area contributed by atoms with E-state index in [2.05, 4.69) is 10.6 Å². The van der Waals surface area contributed by atoms with E-state index in [4.69, 9.17) is 0 Å². The smallest absolute Gasteiger partial charge is 0.264 e. The first kappa shape index (κ1) is 20.6. The van der Waals surface area contributed by atoms with Gasteiger partial charge in [-0.3, -0.25) is 9.10 Å². The topological polar surface area (TPSA) is 78.5 Å². The van der Waals surface area contributed by atoms with E-state index in [0.717, 1.165) is 37.2 Å². The average Bonchev–Trinajstić information content (AvgIpc) is 2.66. The number of carbonyl (C=O) groups excluding carboxylic acids is 1. The summed E-state index contributed by atoms with van der Waals surface area (Å²) >= 11 is 0. The number of amides is 1. The lowest BCUT2D eigenvalue weighted by atomic mass is 10.0. The molecule has 1 fully saturated rings. The van der Waals surface area contributed by atoms with Crippen LogP contribution in [0.3, 0.4) is 0 Å². The van der Waals surface area contributed by atoms with Crippen LogP contribution in [-0.4, -0.2) is 40.5 Å². The van der Waals surface area contributed by atoms with Crippen molar-refractivity contribution in [1.29, 1.82) is 0 Å². The summed E-state index contributed by atoms with van der Waals surface area (Å²) in [7, 11) is -3.71. The standard InChI is InChI=1S/C20H23N3O3S.ClH/c24-20(22-14-15-12-21-13-15)17-6-3-8-18(11-17)27(25,26)23-10-4-7-16-5-1-2-9-19(16)23;/h1-3,5-6,8-9,11,15,21H,4,7,10,12-14H2,(H,22,24);1H. The molecule has 150 valence electrons. The first-order chi connectivity index (χ1) is 13.1. The largest absolute Gasteiger partial charge is 0.352 e. The number of hydrogen-bond acceptors (Lipinski definition) is 4. The van der Waals surface area contributed by atoms with E-state index in [0.29, 0.717) is 24.6 Å². The van der Waals surface area contributed by atoms with Gasteiger partial charge in [-0.05, 0) is 42.7 Å². The number of para-hydroxylation sites is 1. The van der Waals surface area contributed by atoms with E-state index in [1.165, 1.54) is 10.4 Å². The zero-order valence-electron chi connectivity index (χ0n) is 15.4. The van der Waals surface area contributed by atoms with E-state index < -0.39 is 10.0 Å². The molecule has 2 aromatic carbocycles. The lowest BCUT2D eigenvalue weighted by molar-refractivity contribution is 0.0942. The van der Waals surface area contributed by atoms with Crippen LogP contribution in [0.1, 0.15) is 22.3 Å². The molecule has 6 nitrogen and oxygen atoms in total. The molecule has 2 aliphatic rings. The molecule has 2 aliphatic heterocycles. The minimum absolute atomic E-state index is 0. The highest BCUT2D eigenvalue weighted by atomic mass is 35.5. The minimum atomic E-state index is -3.71. The van der Waals surface area contributed by atoms with Crippen LogP contribution in [0.25, 0.3) is 0 Å². The summed E-state index contributed by atoms with van der Waals surface area (Å²) in [4.78, 5) is 12.6. The van der Waals surface area contributed by atoms with Crippen molar-refractivity contribution in [3.63, 3.8) is 0 Å². The molecule has 0 bridgehead atoms. The first-order valence-electron chi connectivity index (χ1n) is 9.25. The molecule has 0 radical (unpaired) electrons. The Morgan fingerprint density at radius 2 is 1.93 bits per heavy atom. The van der Waals surface area contributed by atoms with Crippen LogP contribution in [0.4, 0.5) is 5.69 Å². The van der Waals surface area contributed by atoms with Crippen molar-refractivity contribution in [3.8, 4) is 0 Å². The Morgan fingerprint density at radius 3 is 2.68 bits per heavy atom. The fourth-order valence-electron chi connectivity index (χ4n) is 3.51. The Balaban J connectivity index is 0.00000225. The molecule has 0 saturated carbocycles. The van der Waals surface area contributed by atoms with E-state index in [1.807, 2.05) is 24.3 Å². The fraction of sp³-hybridized carbons (Fsp3) is 0.350. The Hall–Kier alpha value is -2.09. The third-order valence-electron chi connectivity index (χ3n) is 5.17. The molecule has 2 heterocycles. The number of halogens is 1. The molecule has 0 aliphatic carbocycles. The summed E-state index contributed by atoms with van der Waals surface area (Å²) in [5.41, 5.74) is 2.14. The SMILES string of the molecule is Cl.O=C(NCC1CNC1)c1cccc(S(=O)(=O)N2CCCc3ccccc32)c1. The Bertz CT molecular complexity index is 961. The number of benzene rings is 2. The van der Waals surface area contributed by atoms with Crippen molar-refractivity contribution in [2.75, 3.05) is 30.5 Å². The van der Waals surface area contributed by atoms with E-state index in [1.54, 1.807) is 18.2 Å². The molecule has 1 saturated heterocycles. The van der Waals surface area contributed by atoms with Gasteiger partial charge in [-0.25, -0.2) is 8.42 Å². The molecule has 4 rings (SSSR count). The zero-order valence-corrected chi connectivity index (χ0v) is 17.1. The molecular weight excluding hydrogens is 398 g/mol. The number of hydrogen-bond donors (Lipinski definition) is 2. The quantitative estimate of drug-likeness (QED) is 0.775. The van der Waals surface area contributed by atoms with Gasteiger partial charge >= 0.3 is 0 Å². The number of nitrogens with one attached hydrogen (secondary N) is 2. The van der Waals surface area contributed by atoms with Gasteiger partial charge in [-0.15, -0.1) is 12.4 Å². The minimum Gasteiger partial charge on any atom is -0.352 e. The molecular formula is C20H24ClN3O3S. The normalized spacial score (nSPS) is 16.5. The van der Waals surface area contributed by atoms with Crippen LogP contribution >= 0.6 is 12.4 Å². The van der Waals surface area contributed by atoms with Gasteiger partial charge in [0.2, 0.25) is 0 Å². The van der Waals surface area contributed by atoms with Crippen LogP contribution in [-0.2, 0) is 16.4 Å². The maximum absolute atomic E-state index is 13.2. The first-order valence-corrected chi connectivity index (χ1v) is 10.7. The summed E-state index contributed by atoms with van der Waals surface area (Å²) in [6.45, 7) is 2.86. The van der Waals surface area contributed by atoms with Gasteiger partial charge < -0.3 is 10.6 Å². The molecule has 2 aromatic rings. The monoisotopic (exact) mass is 421 g/mol. The number of anilines is 1. The highest BCUT2D eigenvalue weighted by Crippen LogP contribution is 2.31. The molecule has 0 unspecified atom stereocenters. The maximum atomic E-state index is 13.2. The highest BCUT2D eigenvalue weighted by Gasteiger charge is 2.29. The van der Waals surface area contributed by atoms with Gasteiger partial charge in [0.05, 0.1) is 10.6 Å². The second kappa shape index (κ2) is 8.51. The second-order valence-electron chi connectivity index (χ2n) is 7.07. The maximum Gasteiger partial charge on any atom is 0.264 e. The molecule has 8 heteroatoms. The third kappa shape index (κ3) is 4.01. The number of rotatable bonds is 5. The molecule has 28 heavy (non-hydrogen) atoms. The lowest BCUT2D eigenvalue weighted by Crippen LogP contribution is -2.48. The van der Waals surface area contributed by atoms with Crippen LogP contribution in [0.15, 0.2) is 53.4 Å². The predicted octanol–water partition coefficient (Wildman–Crippen LogP) is 2.20. The second-order valence-corrected chi connectivity index (χ2v) is 8.93. The lowest BCUT2D eigenvalue weighted by Gasteiger charge is -2.30. The molecule has 1 amide bonds. The van der Waals surface area contributed by atoms with Gasteiger partial charge in [-0.1, -0.05) is 24.3 Å². The Kier molecular flexibility index (Phi) is 6.27. The van der Waals surface area contributed by atoms with Crippen LogP contribution < -0.4 is 14.9 Å². The van der Waals surface area contributed by atoms with Crippen molar-refractivity contribution in [3.05, 3.63) is 59.7 Å². The van der Waals surface area contributed by atoms with Crippen molar-refractivity contribution in [2.24, 2.45) is 5.92 Å². The number of carbonyl (C=O) groups is 1. The van der Waals surface area contributed by atoms with Crippen molar-refractivity contribution in [1.82, 2.24) is 10.6 Å². The van der Waals surface area contributed by atoms with Crippen molar-refractivity contribution >= 4 is 34.0 Å². The van der Waals surface area contributed by atoms with E-state index in [-0.39, 0.29) is 23.2 Å². The van der Waals surface area contributed by atoms with Crippen LogP contribution in [0.5, 0.6) is 0 Å². The molecule has 2 N–H and O–H groups in total. The Labute approximate surface area is 171 Å². The van der Waals surface area contributed by atoms with Crippen molar-refractivity contribution in [2.45, 2.75) is 17.7 Å². The molecule has 0 spiro atoms. The summed E-state index contributed by atoms with van der Waals surface area (Å²) in [5, 5.41) is 6.05. The molecule has 0 atom stereocenters. The van der Waals surface area contributed by atoms with Crippen LogP contribution in [0.2, 0.25) is 0 Å². The summed E-state index contributed by atoms with van der Waals surface area (Å²) in [6.07, 6.45) is 1.66. The van der Waals surface area contributed by atoms with Gasteiger partial charge in [0.25, 0.3) is 15.9 Å². The van der Waals surface area contributed by atoms with Gasteiger partial charge in [0.1, 0.15) is 0 Å². The van der Waals surface area contributed by atoms with Gasteiger partial charge in [0, 0.05) is 37.7 Å². The highest BCUT2D eigenvalue weighted by molar-refractivity contribution is 7.92. The van der Waals surface area contributed by atoms with E-state index in [9.17, 15) is 13.2 Å². The van der Waals surface area contributed by atoms with Crippen molar-refractivity contribution < 1.29 is 13.2 Å². The zero-order chi connectivity index (χ0) is 18.9. The number of sulfonamides is 1. The fourth-order valence-corrected chi connectivity index (χ4v) is 5.09. The summed E-state index contributed by atoms with van der Waals surface area (Å²) in [5.74, 6) is 0.212. The Morgan fingerprint density at radius 1 is 1.14 bits per heavy atom.